The molecule has 1 heterocycles. The molecule has 0 spiro atoms. The van der Waals surface area contributed by atoms with E-state index in [2.05, 4.69) is 5.10 Å². The van der Waals surface area contributed by atoms with E-state index in [0.29, 0.717) is 22.9 Å². The van der Waals surface area contributed by atoms with Crippen LogP contribution in [-0.2, 0) is 0 Å². The summed E-state index contributed by atoms with van der Waals surface area (Å²) in [5.41, 5.74) is 1.41. The molecule has 0 aliphatic heterocycles. The molecule has 30 heavy (non-hydrogen) atoms. The Hall–Kier alpha value is -3.88. The number of nitro groups is 1. The maximum Gasteiger partial charge on any atom is 0.348 e. The summed E-state index contributed by atoms with van der Waals surface area (Å²) < 4.78 is 17.5. The highest BCUT2D eigenvalue weighted by atomic mass is 16.6. The number of methoxy groups -OCH3 is 2. The van der Waals surface area contributed by atoms with E-state index in [4.69, 9.17) is 14.2 Å². The molecule has 9 nitrogen and oxygen atoms in total. The van der Waals surface area contributed by atoms with Gasteiger partial charge in [-0.25, -0.2) is 9.48 Å². The van der Waals surface area contributed by atoms with Crippen LogP contribution in [0, 0.1) is 10.1 Å². The van der Waals surface area contributed by atoms with Crippen molar-refractivity contribution >= 4 is 11.7 Å². The maximum atomic E-state index is 12.8. The van der Waals surface area contributed by atoms with Gasteiger partial charge in [-0.3, -0.25) is 10.1 Å². The zero-order chi connectivity index (χ0) is 21.8. The average molecular weight is 411 g/mol. The van der Waals surface area contributed by atoms with Crippen LogP contribution < -0.4 is 14.2 Å². The van der Waals surface area contributed by atoms with Crippen molar-refractivity contribution in [2.75, 3.05) is 14.2 Å². The molecule has 2 aromatic carbocycles. The zero-order valence-electron chi connectivity index (χ0n) is 17.0. The number of aromatic nitrogens is 2. The van der Waals surface area contributed by atoms with Gasteiger partial charge in [0.05, 0.1) is 30.5 Å². The van der Waals surface area contributed by atoms with E-state index in [-0.39, 0.29) is 23.0 Å². The molecule has 0 amide bonds. The molecule has 1 aromatic heterocycles. The van der Waals surface area contributed by atoms with Gasteiger partial charge in [-0.2, -0.15) is 5.10 Å². The Morgan fingerprint density at radius 2 is 1.77 bits per heavy atom. The summed E-state index contributed by atoms with van der Waals surface area (Å²) in [4.78, 5) is 23.3. The first-order chi connectivity index (χ1) is 14.3. The van der Waals surface area contributed by atoms with Crippen molar-refractivity contribution in [3.63, 3.8) is 0 Å². The van der Waals surface area contributed by atoms with Crippen LogP contribution in [0.5, 0.6) is 17.4 Å². The van der Waals surface area contributed by atoms with Crippen LogP contribution in [0.25, 0.3) is 5.69 Å². The minimum Gasteiger partial charge on any atom is -0.497 e. The number of esters is 1. The van der Waals surface area contributed by atoms with Gasteiger partial charge in [0, 0.05) is 24.3 Å². The third kappa shape index (κ3) is 4.24. The number of benzene rings is 2. The number of nitrogens with zero attached hydrogens (tertiary/aromatic N) is 3. The molecule has 0 saturated carbocycles. The summed E-state index contributed by atoms with van der Waals surface area (Å²) >= 11 is 0. The van der Waals surface area contributed by atoms with Crippen molar-refractivity contribution < 1.29 is 23.9 Å². The monoisotopic (exact) mass is 411 g/mol. The zero-order valence-corrected chi connectivity index (χ0v) is 17.0. The number of rotatable bonds is 7. The molecule has 3 aromatic rings. The highest BCUT2D eigenvalue weighted by molar-refractivity contribution is 5.94. The Morgan fingerprint density at radius 1 is 1.07 bits per heavy atom. The molecule has 0 N–H and O–H groups in total. The molecule has 0 aliphatic carbocycles. The lowest BCUT2D eigenvalue weighted by atomic mass is 10.1. The van der Waals surface area contributed by atoms with E-state index in [1.165, 1.54) is 31.0 Å². The smallest absolute Gasteiger partial charge is 0.348 e. The molecule has 0 fully saturated rings. The van der Waals surface area contributed by atoms with Gasteiger partial charge in [0.1, 0.15) is 17.1 Å². The van der Waals surface area contributed by atoms with E-state index < -0.39 is 10.9 Å². The van der Waals surface area contributed by atoms with Crippen molar-refractivity contribution in [2.45, 2.75) is 19.8 Å². The van der Waals surface area contributed by atoms with Gasteiger partial charge in [-0.15, -0.1) is 0 Å². The SMILES string of the molecule is COc1ccc(C(=O)Oc2cc(C(C)C)nn2-c2ccc([N+](=O)[O-])cc2)c(OC)c1. The highest BCUT2D eigenvalue weighted by Crippen LogP contribution is 2.29. The fraction of sp³-hybridized carbons (Fsp3) is 0.238. The fourth-order valence-electron chi connectivity index (χ4n) is 2.75. The van der Waals surface area contributed by atoms with E-state index in [9.17, 15) is 14.9 Å². The molecule has 9 heteroatoms. The molecule has 156 valence electrons. The number of carbonyl (C=O) groups excluding carboxylic acids is 1. The highest BCUT2D eigenvalue weighted by Gasteiger charge is 2.21. The summed E-state index contributed by atoms with van der Waals surface area (Å²) in [6.45, 7) is 3.92. The first-order valence-corrected chi connectivity index (χ1v) is 9.13. The number of non-ortho nitro benzene ring substituents is 1. The van der Waals surface area contributed by atoms with Gasteiger partial charge in [0.2, 0.25) is 5.88 Å². The first-order valence-electron chi connectivity index (χ1n) is 9.13. The molecule has 0 aliphatic rings. The van der Waals surface area contributed by atoms with Gasteiger partial charge in [0.15, 0.2) is 0 Å². The van der Waals surface area contributed by atoms with Crippen LogP contribution in [0.3, 0.4) is 0 Å². The fourth-order valence-corrected chi connectivity index (χ4v) is 2.75. The second-order valence-corrected chi connectivity index (χ2v) is 6.70. The Bertz CT molecular complexity index is 1070. The minimum absolute atomic E-state index is 0.0449. The first kappa shape index (κ1) is 20.8. The molecule has 0 unspecified atom stereocenters. The van der Waals surface area contributed by atoms with Crippen molar-refractivity contribution in [1.82, 2.24) is 9.78 Å². The average Bonchev–Trinajstić information content (AvgIpc) is 3.17. The number of ether oxygens (including phenoxy) is 3. The number of nitro benzene ring substituents is 1. The lowest BCUT2D eigenvalue weighted by Gasteiger charge is -2.11. The van der Waals surface area contributed by atoms with Crippen molar-refractivity contribution in [2.24, 2.45) is 0 Å². The predicted molar refractivity (Wildman–Crippen MR) is 109 cm³/mol. The molecule has 0 bridgehead atoms. The van der Waals surface area contributed by atoms with E-state index in [1.807, 2.05) is 13.8 Å². The lowest BCUT2D eigenvalue weighted by Crippen LogP contribution is -2.13. The van der Waals surface area contributed by atoms with Gasteiger partial charge in [-0.1, -0.05) is 13.8 Å². The summed E-state index contributed by atoms with van der Waals surface area (Å²) in [5, 5.41) is 15.4. The molecule has 3 rings (SSSR count). The molecular formula is C21H21N3O6. The Morgan fingerprint density at radius 3 is 2.33 bits per heavy atom. The minimum atomic E-state index is -0.632. The molecule has 0 saturated heterocycles. The topological polar surface area (TPSA) is 106 Å². The van der Waals surface area contributed by atoms with Crippen molar-refractivity contribution in [3.8, 4) is 23.1 Å². The van der Waals surface area contributed by atoms with E-state index >= 15 is 0 Å². The van der Waals surface area contributed by atoms with Crippen LogP contribution in [0.15, 0.2) is 48.5 Å². The van der Waals surface area contributed by atoms with Crippen molar-refractivity contribution in [3.05, 3.63) is 69.9 Å². The Kier molecular flexibility index (Phi) is 6.01. The standard InChI is InChI=1S/C21H21N3O6/c1-13(2)18-12-20(23(22-18)14-5-7-15(8-6-14)24(26)27)30-21(25)17-10-9-16(28-3)11-19(17)29-4/h5-13H,1-4H3. The van der Waals surface area contributed by atoms with Crippen LogP contribution in [0.4, 0.5) is 5.69 Å². The quantitative estimate of drug-likeness (QED) is 0.327. The van der Waals surface area contributed by atoms with Crippen LogP contribution in [0.2, 0.25) is 0 Å². The van der Waals surface area contributed by atoms with E-state index in [0.717, 1.165) is 0 Å². The van der Waals surface area contributed by atoms with Gasteiger partial charge in [0.25, 0.3) is 5.69 Å². The van der Waals surface area contributed by atoms with Crippen LogP contribution >= 0.6 is 0 Å². The van der Waals surface area contributed by atoms with E-state index in [1.54, 1.807) is 36.4 Å². The van der Waals surface area contributed by atoms with Crippen LogP contribution in [0.1, 0.15) is 35.8 Å². The number of hydrogen-bond acceptors (Lipinski definition) is 7. The Balaban J connectivity index is 1.97. The third-order valence-electron chi connectivity index (χ3n) is 4.42. The van der Waals surface area contributed by atoms with Crippen LogP contribution in [-0.4, -0.2) is 34.9 Å². The van der Waals surface area contributed by atoms with Gasteiger partial charge in [-0.05, 0) is 30.2 Å². The van der Waals surface area contributed by atoms with Crippen molar-refractivity contribution in [1.29, 1.82) is 0 Å². The summed E-state index contributed by atoms with van der Waals surface area (Å²) in [6.07, 6.45) is 0. The lowest BCUT2D eigenvalue weighted by molar-refractivity contribution is -0.384. The summed E-state index contributed by atoms with van der Waals surface area (Å²) in [7, 11) is 2.96. The molecule has 0 atom stereocenters. The second kappa shape index (κ2) is 8.64. The third-order valence-corrected chi connectivity index (χ3v) is 4.42. The Labute approximate surface area is 172 Å². The number of carbonyl (C=O) groups is 1. The van der Waals surface area contributed by atoms with Gasteiger partial charge < -0.3 is 14.2 Å². The second-order valence-electron chi connectivity index (χ2n) is 6.70. The predicted octanol–water partition coefficient (Wildman–Crippen LogP) is 4.14. The summed E-state index contributed by atoms with van der Waals surface area (Å²) in [5.74, 6) is 0.492. The molecule has 0 radical (unpaired) electrons. The largest absolute Gasteiger partial charge is 0.497 e. The number of hydrogen-bond donors (Lipinski definition) is 0. The van der Waals surface area contributed by atoms with Gasteiger partial charge >= 0.3 is 5.97 Å². The molecular weight excluding hydrogens is 390 g/mol. The normalized spacial score (nSPS) is 10.7. The maximum absolute atomic E-state index is 12.8. The summed E-state index contributed by atoms with van der Waals surface area (Å²) in [6, 6.07) is 12.3.